The van der Waals surface area contributed by atoms with Crippen LogP contribution in [0.5, 0.6) is 0 Å². The van der Waals surface area contributed by atoms with Crippen molar-refractivity contribution in [2.45, 2.75) is 58.6 Å². The van der Waals surface area contributed by atoms with Gasteiger partial charge in [0.05, 0.1) is 6.10 Å². The molecule has 0 radical (unpaired) electrons. The largest absolute Gasteiger partial charge is 0.512 e. The molecule has 0 amide bonds. The Morgan fingerprint density at radius 2 is 1.41 bits per heavy atom. The number of sulfonamides is 1. The highest BCUT2D eigenvalue weighted by Crippen LogP contribution is 2.48. The van der Waals surface area contributed by atoms with E-state index in [0.717, 1.165) is 6.42 Å². The molecular weight excluding hydrogens is 347 g/mol. The lowest BCUT2D eigenvalue weighted by atomic mass is 9.63. The van der Waals surface area contributed by atoms with Crippen molar-refractivity contribution < 1.29 is 34.2 Å². The molecule has 0 spiro atoms. The van der Waals surface area contributed by atoms with Gasteiger partial charge in [0.25, 0.3) is 0 Å². The zero-order valence-corrected chi connectivity index (χ0v) is 14.3. The van der Waals surface area contributed by atoms with Gasteiger partial charge in [-0.15, -0.1) is 0 Å². The van der Waals surface area contributed by atoms with E-state index in [1.54, 1.807) is 27.7 Å². The maximum Gasteiger partial charge on any atom is 0.512 e. The van der Waals surface area contributed by atoms with E-state index in [4.69, 9.17) is 4.18 Å². The number of rotatable bonds is 4. The molecule has 0 heterocycles. The topological polar surface area (TPSA) is 89.5 Å². The molecule has 11 heteroatoms. The van der Waals surface area contributed by atoms with E-state index < -0.39 is 42.8 Å². The van der Waals surface area contributed by atoms with Crippen LogP contribution in [-0.4, -0.2) is 28.4 Å². The normalized spacial score (nSPS) is 23.4. The van der Waals surface area contributed by atoms with E-state index in [9.17, 15) is 30.0 Å². The molecule has 0 bridgehead atoms. The Balaban J connectivity index is 3.06. The van der Waals surface area contributed by atoms with Crippen LogP contribution in [0.4, 0.5) is 13.2 Å². The Morgan fingerprint density at radius 3 is 1.77 bits per heavy atom. The van der Waals surface area contributed by atoms with Gasteiger partial charge in [0.15, 0.2) is 0 Å². The van der Waals surface area contributed by atoms with Crippen molar-refractivity contribution in [2.24, 2.45) is 10.8 Å². The van der Waals surface area contributed by atoms with Crippen LogP contribution in [-0.2, 0) is 24.5 Å². The Labute approximate surface area is 128 Å². The summed E-state index contributed by atoms with van der Waals surface area (Å²) >= 11 is 0. The van der Waals surface area contributed by atoms with Crippen molar-refractivity contribution in [2.75, 3.05) is 0 Å². The Kier molecular flexibility index (Phi) is 5.01. The van der Waals surface area contributed by atoms with Gasteiger partial charge in [0, 0.05) is 0 Å². The van der Waals surface area contributed by atoms with E-state index in [-0.39, 0.29) is 0 Å². The molecule has 0 aromatic carbocycles. The standard InChI is InChI=1S/C11H20F3NO5S2/c1-9(2)6-5-7-10(3,4)8(9)20-22(18,19)15-21(16,17)11(12,13)14/h8,15H,5-7H2,1-4H3. The summed E-state index contributed by atoms with van der Waals surface area (Å²) in [6.45, 7) is 6.91. The average Bonchev–Trinajstić information content (AvgIpc) is 2.20. The van der Waals surface area contributed by atoms with Crippen molar-refractivity contribution in [3.05, 3.63) is 0 Å². The monoisotopic (exact) mass is 367 g/mol. The first-order valence-corrected chi connectivity index (χ1v) is 9.42. The molecule has 0 aromatic rings. The van der Waals surface area contributed by atoms with E-state index in [0.29, 0.717) is 17.0 Å². The van der Waals surface area contributed by atoms with E-state index in [1.807, 2.05) is 0 Å². The highest BCUT2D eigenvalue weighted by Gasteiger charge is 2.51. The summed E-state index contributed by atoms with van der Waals surface area (Å²) in [6, 6.07) is 0. The Hall–Kier alpha value is -0.390. The fraction of sp³-hybridized carbons (Fsp3) is 1.00. The maximum absolute atomic E-state index is 12.3. The molecule has 6 nitrogen and oxygen atoms in total. The summed E-state index contributed by atoms with van der Waals surface area (Å²) in [7, 11) is -11.2. The van der Waals surface area contributed by atoms with Crippen molar-refractivity contribution in [3.63, 3.8) is 0 Å². The van der Waals surface area contributed by atoms with Gasteiger partial charge in [-0.2, -0.15) is 21.6 Å². The third-order valence-electron chi connectivity index (χ3n) is 3.80. The zero-order valence-electron chi connectivity index (χ0n) is 12.7. The summed E-state index contributed by atoms with van der Waals surface area (Å²) < 4.78 is 87.6. The smallest absolute Gasteiger partial charge is 0.253 e. The van der Waals surface area contributed by atoms with Crippen LogP contribution in [0, 0.1) is 10.8 Å². The van der Waals surface area contributed by atoms with E-state index >= 15 is 0 Å². The van der Waals surface area contributed by atoms with Gasteiger partial charge in [-0.3, -0.25) is 4.18 Å². The highest BCUT2D eigenvalue weighted by molar-refractivity contribution is 8.03. The molecule has 1 aliphatic carbocycles. The van der Waals surface area contributed by atoms with Crippen LogP contribution in [0.25, 0.3) is 0 Å². The van der Waals surface area contributed by atoms with E-state index in [1.165, 1.54) is 0 Å². The second-order valence-electron chi connectivity index (χ2n) is 6.79. The van der Waals surface area contributed by atoms with Crippen molar-refractivity contribution in [1.29, 1.82) is 0 Å². The fourth-order valence-electron chi connectivity index (χ4n) is 2.91. The number of hydrogen-bond acceptors (Lipinski definition) is 5. The lowest BCUT2D eigenvalue weighted by Crippen LogP contribution is -2.51. The number of hydrogen-bond donors (Lipinski definition) is 1. The molecule has 0 aromatic heterocycles. The van der Waals surface area contributed by atoms with Gasteiger partial charge in [0.2, 0.25) is 0 Å². The SMILES string of the molecule is CC1(C)CCCC(C)(C)C1OS(=O)(=O)NS(=O)(=O)C(F)(F)F. The first kappa shape index (κ1) is 19.7. The summed E-state index contributed by atoms with van der Waals surface area (Å²) in [5.74, 6) is 0. The van der Waals surface area contributed by atoms with Crippen LogP contribution in [0.15, 0.2) is 0 Å². The first-order valence-electron chi connectivity index (χ1n) is 6.53. The summed E-state index contributed by atoms with van der Waals surface area (Å²) in [6.07, 6.45) is 1.09. The molecule has 1 fully saturated rings. The average molecular weight is 367 g/mol. The molecular formula is C11H20F3NO5S2. The Bertz CT molecular complexity index is 607. The predicted octanol–water partition coefficient (Wildman–Crippen LogP) is 2.29. The fourth-order valence-corrected chi connectivity index (χ4v) is 5.29. The van der Waals surface area contributed by atoms with Crippen LogP contribution in [0.2, 0.25) is 0 Å². The highest BCUT2D eigenvalue weighted by atomic mass is 32.3. The van der Waals surface area contributed by atoms with Gasteiger partial charge in [-0.1, -0.05) is 38.2 Å². The molecule has 22 heavy (non-hydrogen) atoms. The number of alkyl halides is 3. The molecule has 1 aliphatic rings. The Morgan fingerprint density at radius 1 is 1.00 bits per heavy atom. The van der Waals surface area contributed by atoms with Crippen LogP contribution < -0.4 is 4.13 Å². The third-order valence-corrected chi connectivity index (χ3v) is 6.55. The van der Waals surface area contributed by atoms with Crippen LogP contribution in [0.3, 0.4) is 0 Å². The van der Waals surface area contributed by atoms with Crippen LogP contribution in [0.1, 0.15) is 47.0 Å². The van der Waals surface area contributed by atoms with Gasteiger partial charge < -0.3 is 0 Å². The molecule has 0 unspecified atom stereocenters. The number of nitrogens with one attached hydrogen (secondary N) is 1. The second kappa shape index (κ2) is 5.60. The van der Waals surface area contributed by atoms with Gasteiger partial charge in [-0.05, 0) is 23.7 Å². The number of halogens is 3. The van der Waals surface area contributed by atoms with Crippen molar-refractivity contribution in [3.8, 4) is 0 Å². The maximum atomic E-state index is 12.3. The molecule has 1 N–H and O–H groups in total. The van der Waals surface area contributed by atoms with Gasteiger partial charge >= 0.3 is 25.8 Å². The molecule has 0 saturated heterocycles. The predicted molar refractivity (Wildman–Crippen MR) is 73.3 cm³/mol. The minimum atomic E-state index is -6.04. The lowest BCUT2D eigenvalue weighted by Gasteiger charge is -2.47. The van der Waals surface area contributed by atoms with Crippen molar-refractivity contribution in [1.82, 2.24) is 4.13 Å². The minimum Gasteiger partial charge on any atom is -0.253 e. The quantitative estimate of drug-likeness (QED) is 0.823. The molecule has 1 saturated carbocycles. The second-order valence-corrected chi connectivity index (χ2v) is 10.0. The first-order chi connectivity index (χ1) is 9.50. The molecule has 132 valence electrons. The van der Waals surface area contributed by atoms with Crippen molar-refractivity contribution >= 4 is 20.3 Å². The van der Waals surface area contributed by atoms with Gasteiger partial charge in [-0.25, -0.2) is 8.42 Å². The summed E-state index contributed by atoms with van der Waals surface area (Å²) in [4.78, 5) is 0. The molecule has 0 atom stereocenters. The zero-order chi connectivity index (χ0) is 17.6. The van der Waals surface area contributed by atoms with E-state index in [2.05, 4.69) is 0 Å². The van der Waals surface area contributed by atoms with Gasteiger partial charge in [0.1, 0.15) is 0 Å². The molecule has 1 rings (SSSR count). The summed E-state index contributed by atoms with van der Waals surface area (Å²) in [5.41, 5.74) is -6.99. The lowest BCUT2D eigenvalue weighted by molar-refractivity contribution is -0.0547. The van der Waals surface area contributed by atoms with Crippen LogP contribution >= 0.6 is 0 Å². The molecule has 0 aliphatic heterocycles. The summed E-state index contributed by atoms with van der Waals surface area (Å²) in [5, 5.41) is 0. The third kappa shape index (κ3) is 4.33. The minimum absolute atomic E-state index is 0.593.